The third-order valence-electron chi connectivity index (χ3n) is 6.79. The fraction of sp³-hybridized carbons (Fsp3) is 0.481. The van der Waals surface area contributed by atoms with Gasteiger partial charge < -0.3 is 35.2 Å². The maximum atomic E-state index is 13.5. The van der Waals surface area contributed by atoms with Crippen molar-refractivity contribution in [1.29, 1.82) is 0 Å². The number of rotatable bonds is 9. The van der Waals surface area contributed by atoms with E-state index < -0.39 is 29.9 Å². The number of benzene rings is 1. The minimum atomic E-state index is -1.08. The van der Waals surface area contributed by atoms with Crippen molar-refractivity contribution in [3.05, 3.63) is 42.1 Å². The van der Waals surface area contributed by atoms with Gasteiger partial charge in [0.15, 0.2) is 5.82 Å². The van der Waals surface area contributed by atoms with Crippen molar-refractivity contribution in [2.75, 3.05) is 63.9 Å². The van der Waals surface area contributed by atoms with Crippen LogP contribution in [-0.4, -0.2) is 114 Å². The van der Waals surface area contributed by atoms with E-state index in [-0.39, 0.29) is 51.3 Å². The van der Waals surface area contributed by atoms with E-state index in [1.165, 1.54) is 9.80 Å². The molecule has 1 atom stereocenters. The van der Waals surface area contributed by atoms with Crippen molar-refractivity contribution in [3.8, 4) is 11.4 Å². The summed E-state index contributed by atoms with van der Waals surface area (Å²) in [5.74, 6) is -1.09. The number of aromatic nitrogens is 2. The molecule has 1 unspecified atom stereocenters. The first-order valence-electron chi connectivity index (χ1n) is 13.5. The first-order valence-corrected chi connectivity index (χ1v) is 13.5. The Kier molecular flexibility index (Phi) is 9.84. The van der Waals surface area contributed by atoms with Gasteiger partial charge in [0.2, 0.25) is 5.91 Å². The lowest BCUT2D eigenvalue weighted by Crippen LogP contribution is -2.56. The molecule has 2 aliphatic rings. The summed E-state index contributed by atoms with van der Waals surface area (Å²) in [6, 6.07) is 9.83. The summed E-state index contributed by atoms with van der Waals surface area (Å²) in [4.78, 5) is 64.6. The van der Waals surface area contributed by atoms with E-state index in [1.807, 2.05) is 30.3 Å². The van der Waals surface area contributed by atoms with Crippen LogP contribution in [0.2, 0.25) is 0 Å². The number of nitrogens with one attached hydrogen (secondary N) is 2. The molecule has 2 aromatic rings. The largest absolute Gasteiger partial charge is 0.481 e. The molecule has 2 aliphatic heterocycles. The molecule has 3 N–H and O–H groups in total. The fourth-order valence-electron chi connectivity index (χ4n) is 4.62. The smallest absolute Gasteiger partial charge is 0.409 e. The Bertz CT molecular complexity index is 1200. The molecule has 4 rings (SSSR count). The number of piperazine rings is 2. The number of ether oxygens (including phenoxy) is 1. The van der Waals surface area contributed by atoms with E-state index in [1.54, 1.807) is 13.0 Å². The highest BCUT2D eigenvalue weighted by Crippen LogP contribution is 2.21. The zero-order valence-corrected chi connectivity index (χ0v) is 22.5. The fourth-order valence-corrected chi connectivity index (χ4v) is 4.62. The van der Waals surface area contributed by atoms with Crippen LogP contribution in [0.3, 0.4) is 0 Å². The second kappa shape index (κ2) is 13.7. The van der Waals surface area contributed by atoms with Gasteiger partial charge in [0, 0.05) is 70.4 Å². The molecule has 0 aliphatic carbocycles. The summed E-state index contributed by atoms with van der Waals surface area (Å²) in [5, 5.41) is 15.3. The molecule has 13 nitrogen and oxygen atoms in total. The first-order chi connectivity index (χ1) is 19.4. The molecule has 0 saturated carbocycles. The van der Waals surface area contributed by atoms with E-state index in [9.17, 15) is 24.3 Å². The maximum Gasteiger partial charge on any atom is 0.409 e. The van der Waals surface area contributed by atoms with Crippen LogP contribution in [0, 0.1) is 0 Å². The van der Waals surface area contributed by atoms with Gasteiger partial charge in [-0.25, -0.2) is 14.8 Å². The van der Waals surface area contributed by atoms with Crippen LogP contribution in [0.15, 0.2) is 36.4 Å². The second-order valence-electron chi connectivity index (χ2n) is 9.51. The molecule has 3 heterocycles. The van der Waals surface area contributed by atoms with Crippen LogP contribution in [0.4, 0.5) is 10.6 Å². The average Bonchev–Trinajstić information content (AvgIpc) is 2.99. The lowest BCUT2D eigenvalue weighted by Gasteiger charge is -2.36. The predicted molar refractivity (Wildman–Crippen MR) is 146 cm³/mol. The number of hydrogen-bond donors (Lipinski definition) is 3. The van der Waals surface area contributed by atoms with Gasteiger partial charge in [0.05, 0.1) is 6.61 Å². The molecule has 40 heavy (non-hydrogen) atoms. The van der Waals surface area contributed by atoms with Crippen LogP contribution in [0.25, 0.3) is 11.4 Å². The Labute approximate surface area is 232 Å². The quantitative estimate of drug-likeness (QED) is 0.406. The molecular weight excluding hydrogens is 518 g/mol. The van der Waals surface area contributed by atoms with E-state index in [0.717, 1.165) is 18.7 Å². The van der Waals surface area contributed by atoms with Gasteiger partial charge in [-0.05, 0) is 13.3 Å². The van der Waals surface area contributed by atoms with E-state index in [2.05, 4.69) is 20.5 Å². The predicted octanol–water partition coefficient (Wildman–Crippen LogP) is 0.817. The Balaban J connectivity index is 1.54. The van der Waals surface area contributed by atoms with E-state index in [4.69, 9.17) is 9.72 Å². The molecule has 2 fully saturated rings. The van der Waals surface area contributed by atoms with Gasteiger partial charge in [0.25, 0.3) is 5.91 Å². The Morgan fingerprint density at radius 3 is 2.33 bits per heavy atom. The first kappa shape index (κ1) is 28.7. The van der Waals surface area contributed by atoms with Crippen molar-refractivity contribution < 1.29 is 29.0 Å². The van der Waals surface area contributed by atoms with Crippen molar-refractivity contribution in [1.82, 2.24) is 30.4 Å². The molecule has 214 valence electrons. The summed E-state index contributed by atoms with van der Waals surface area (Å²) in [6.07, 6.45) is -0.826. The van der Waals surface area contributed by atoms with E-state index >= 15 is 0 Å². The van der Waals surface area contributed by atoms with Gasteiger partial charge >= 0.3 is 12.1 Å². The monoisotopic (exact) mass is 553 g/mol. The zero-order valence-electron chi connectivity index (χ0n) is 22.5. The third-order valence-corrected chi connectivity index (χ3v) is 6.79. The lowest BCUT2D eigenvalue weighted by molar-refractivity contribution is -0.138. The Hall–Kier alpha value is -4.26. The number of carboxylic acids is 1. The highest BCUT2D eigenvalue weighted by molar-refractivity contribution is 5.97. The third kappa shape index (κ3) is 7.44. The van der Waals surface area contributed by atoms with Gasteiger partial charge in [-0.3, -0.25) is 14.4 Å². The van der Waals surface area contributed by atoms with Crippen LogP contribution in [0.1, 0.15) is 30.3 Å². The number of aliphatic carboxylic acids is 1. The van der Waals surface area contributed by atoms with Crippen molar-refractivity contribution >= 4 is 29.7 Å². The zero-order chi connectivity index (χ0) is 28.5. The summed E-state index contributed by atoms with van der Waals surface area (Å²) in [6.45, 7) is 6.02. The number of carbonyl (C=O) groups excluding carboxylic acids is 3. The topological polar surface area (TPSA) is 157 Å². The SMILES string of the molecule is CCOC(=O)N1CCN(C(=O)C(CCC(=O)O)NC(=O)c2cc(N3CCNCC3)nc(-c3ccccc3)n2)CC1. The van der Waals surface area contributed by atoms with Gasteiger partial charge in [-0.15, -0.1) is 0 Å². The van der Waals surface area contributed by atoms with Crippen LogP contribution in [-0.2, 0) is 14.3 Å². The molecular formula is C27H35N7O6. The summed E-state index contributed by atoms with van der Waals surface area (Å²) in [5.41, 5.74) is 0.828. The number of anilines is 1. The van der Waals surface area contributed by atoms with Gasteiger partial charge in [-0.2, -0.15) is 0 Å². The van der Waals surface area contributed by atoms with Crippen LogP contribution >= 0.6 is 0 Å². The molecule has 1 aromatic heterocycles. The van der Waals surface area contributed by atoms with Gasteiger partial charge in [0.1, 0.15) is 17.6 Å². The maximum absolute atomic E-state index is 13.5. The van der Waals surface area contributed by atoms with Crippen LogP contribution < -0.4 is 15.5 Å². The summed E-state index contributed by atoms with van der Waals surface area (Å²) >= 11 is 0. The molecule has 0 radical (unpaired) electrons. The molecule has 1 aromatic carbocycles. The van der Waals surface area contributed by atoms with Crippen molar-refractivity contribution in [2.45, 2.75) is 25.8 Å². The van der Waals surface area contributed by atoms with Crippen molar-refractivity contribution in [2.24, 2.45) is 0 Å². The van der Waals surface area contributed by atoms with E-state index in [0.29, 0.717) is 24.7 Å². The minimum Gasteiger partial charge on any atom is -0.481 e. The summed E-state index contributed by atoms with van der Waals surface area (Å²) < 4.78 is 5.03. The number of hydrogen-bond acceptors (Lipinski definition) is 9. The standard InChI is InChI=1S/C27H35N7O6/c1-2-40-27(39)34-16-14-33(15-17-34)26(38)20(8-9-23(35)36)30-25(37)21-18-22(32-12-10-28-11-13-32)31-24(29-21)19-6-4-3-5-7-19/h3-7,18,20,28H,2,8-17H2,1H3,(H,30,37)(H,35,36). The number of carboxylic acid groups (broad SMARTS) is 1. The minimum absolute atomic E-state index is 0.0841. The number of amides is 3. The molecule has 3 amide bonds. The molecule has 2 saturated heterocycles. The summed E-state index contributed by atoms with van der Waals surface area (Å²) in [7, 11) is 0. The normalized spacial score (nSPS) is 16.3. The highest BCUT2D eigenvalue weighted by Gasteiger charge is 2.31. The number of carbonyl (C=O) groups is 4. The van der Waals surface area contributed by atoms with Crippen LogP contribution in [0.5, 0.6) is 0 Å². The van der Waals surface area contributed by atoms with Crippen molar-refractivity contribution in [3.63, 3.8) is 0 Å². The van der Waals surface area contributed by atoms with Gasteiger partial charge in [-0.1, -0.05) is 30.3 Å². The number of nitrogens with zero attached hydrogens (tertiary/aromatic N) is 5. The molecule has 0 bridgehead atoms. The molecule has 13 heteroatoms. The lowest BCUT2D eigenvalue weighted by atomic mass is 10.1. The highest BCUT2D eigenvalue weighted by atomic mass is 16.6. The average molecular weight is 554 g/mol. The molecule has 0 spiro atoms. The Morgan fingerprint density at radius 1 is 1.00 bits per heavy atom. The second-order valence-corrected chi connectivity index (χ2v) is 9.51. The Morgan fingerprint density at radius 2 is 1.68 bits per heavy atom.